The summed E-state index contributed by atoms with van der Waals surface area (Å²) in [7, 11) is 3.27. The molecule has 3 N–H and O–H groups in total. The number of amides is 5. The Kier molecular flexibility index (Phi) is 17.8. The van der Waals surface area contributed by atoms with Gasteiger partial charge in [0.25, 0.3) is 11.8 Å². The zero-order valence-corrected chi connectivity index (χ0v) is 37.3. The molecule has 3 fully saturated rings. The van der Waals surface area contributed by atoms with Gasteiger partial charge in [-0.15, -0.1) is 0 Å². The molecule has 0 bridgehead atoms. The average molecular weight is 863 g/mol. The fourth-order valence-corrected chi connectivity index (χ4v) is 8.06. The number of aromatic nitrogens is 1. The lowest BCUT2D eigenvalue weighted by atomic mass is 9.98. The Morgan fingerprint density at radius 3 is 2.27 bits per heavy atom. The highest BCUT2D eigenvalue weighted by atomic mass is 16.6. The van der Waals surface area contributed by atoms with Crippen LogP contribution in [0.1, 0.15) is 69.6 Å². The summed E-state index contributed by atoms with van der Waals surface area (Å²) in [5, 5.41) is 6.28. The number of aryl methyl sites for hydroxylation is 1. The number of para-hydroxylation sites is 1. The van der Waals surface area contributed by atoms with Gasteiger partial charge in [0.15, 0.2) is 18.3 Å². The van der Waals surface area contributed by atoms with Crippen molar-refractivity contribution >= 4 is 46.7 Å². The third-order valence-electron chi connectivity index (χ3n) is 11.8. The number of piperidine rings is 2. The van der Waals surface area contributed by atoms with E-state index in [1.165, 1.54) is 4.90 Å². The summed E-state index contributed by atoms with van der Waals surface area (Å²) in [5.41, 5.74) is 4.55. The molecule has 5 heterocycles. The fraction of sp³-hybridized carbons (Fsp3) is 0.600. The Balaban J connectivity index is 0.000000321. The molecule has 2 aromatic carbocycles. The normalized spacial score (nSPS) is 17.9. The SMILES string of the molecule is CC.CN(C)C(=O)COC(=O)CCN1CCNCC1.Cc1cc(C[C@@H](OC(=O)N2CCC(N3CCc4ccccc4NC3=O)CC2)C(=O)N2CCC(C)CC2)cc2oc(=O)[nH]c12. The van der Waals surface area contributed by atoms with Crippen molar-refractivity contribution in [1.29, 1.82) is 0 Å². The Morgan fingerprint density at radius 2 is 1.58 bits per heavy atom. The second-order valence-electron chi connectivity index (χ2n) is 16.4. The number of ether oxygens (including phenoxy) is 2. The molecule has 5 amide bonds. The fourth-order valence-electron chi connectivity index (χ4n) is 8.06. The third kappa shape index (κ3) is 13.3. The van der Waals surface area contributed by atoms with E-state index in [0.29, 0.717) is 75.5 Å². The van der Waals surface area contributed by atoms with E-state index >= 15 is 0 Å². The second-order valence-corrected chi connectivity index (χ2v) is 16.4. The number of nitrogens with one attached hydrogen (secondary N) is 3. The first-order valence-corrected chi connectivity index (χ1v) is 22.2. The van der Waals surface area contributed by atoms with Crippen LogP contribution < -0.4 is 16.4 Å². The van der Waals surface area contributed by atoms with Gasteiger partial charge in [-0.05, 0) is 73.8 Å². The largest absolute Gasteiger partial charge is 0.456 e. The van der Waals surface area contributed by atoms with Gasteiger partial charge in [0, 0.05) is 97.7 Å². The Labute approximate surface area is 364 Å². The first-order chi connectivity index (χ1) is 29.8. The number of nitrogens with zero attached hydrogens (tertiary/aromatic N) is 5. The van der Waals surface area contributed by atoms with Gasteiger partial charge in [0.2, 0.25) is 0 Å². The summed E-state index contributed by atoms with van der Waals surface area (Å²) < 4.78 is 16.1. The van der Waals surface area contributed by atoms with Gasteiger partial charge < -0.3 is 49.0 Å². The Morgan fingerprint density at radius 1 is 0.903 bits per heavy atom. The summed E-state index contributed by atoms with van der Waals surface area (Å²) in [6, 6.07) is 11.4. The molecule has 17 nitrogen and oxygen atoms in total. The van der Waals surface area contributed by atoms with E-state index in [2.05, 4.69) is 27.4 Å². The van der Waals surface area contributed by atoms with Crippen LogP contribution in [0.5, 0.6) is 0 Å². The van der Waals surface area contributed by atoms with Crippen LogP contribution in [0.4, 0.5) is 15.3 Å². The van der Waals surface area contributed by atoms with E-state index in [9.17, 15) is 28.8 Å². The Hall–Kier alpha value is -5.42. The predicted molar refractivity (Wildman–Crippen MR) is 236 cm³/mol. The number of piperazine rings is 1. The van der Waals surface area contributed by atoms with Crippen molar-refractivity contribution in [2.45, 2.75) is 84.8 Å². The van der Waals surface area contributed by atoms with Gasteiger partial charge in [0.1, 0.15) is 0 Å². The van der Waals surface area contributed by atoms with Crippen molar-refractivity contribution in [3.05, 3.63) is 63.6 Å². The molecule has 3 saturated heterocycles. The van der Waals surface area contributed by atoms with Crippen LogP contribution in [0.2, 0.25) is 0 Å². The first kappa shape index (κ1) is 47.6. The smallest absolute Gasteiger partial charge is 0.417 e. The third-order valence-corrected chi connectivity index (χ3v) is 11.8. The molecule has 4 aliphatic heterocycles. The van der Waals surface area contributed by atoms with Crippen LogP contribution in [-0.2, 0) is 36.7 Å². The number of hydrogen-bond donors (Lipinski definition) is 3. The molecule has 0 unspecified atom stereocenters. The van der Waals surface area contributed by atoms with Gasteiger partial charge in [-0.3, -0.25) is 19.4 Å². The molecule has 0 aliphatic carbocycles. The molecule has 62 heavy (non-hydrogen) atoms. The minimum absolute atomic E-state index is 0.0110. The maximum Gasteiger partial charge on any atom is 0.417 e. The molecule has 340 valence electrons. The average Bonchev–Trinajstić information content (AvgIpc) is 3.58. The summed E-state index contributed by atoms with van der Waals surface area (Å²) >= 11 is 0. The van der Waals surface area contributed by atoms with Gasteiger partial charge in [-0.1, -0.05) is 45.0 Å². The van der Waals surface area contributed by atoms with Crippen molar-refractivity contribution < 1.29 is 37.9 Å². The summed E-state index contributed by atoms with van der Waals surface area (Å²) in [6.07, 6.45) is 2.84. The van der Waals surface area contributed by atoms with E-state index in [4.69, 9.17) is 13.9 Å². The highest BCUT2D eigenvalue weighted by Gasteiger charge is 2.35. The lowest BCUT2D eigenvalue weighted by molar-refractivity contribution is -0.151. The van der Waals surface area contributed by atoms with E-state index in [-0.39, 0.29) is 42.9 Å². The van der Waals surface area contributed by atoms with Crippen molar-refractivity contribution in [2.75, 3.05) is 91.5 Å². The van der Waals surface area contributed by atoms with Crippen molar-refractivity contribution in [3.8, 4) is 0 Å². The highest BCUT2D eigenvalue weighted by molar-refractivity contribution is 5.91. The van der Waals surface area contributed by atoms with Crippen LogP contribution >= 0.6 is 0 Å². The van der Waals surface area contributed by atoms with Crippen molar-refractivity contribution in [2.24, 2.45) is 5.92 Å². The number of H-pyrrole nitrogens is 1. The lowest BCUT2D eigenvalue weighted by Gasteiger charge is -2.38. The number of anilines is 1. The van der Waals surface area contributed by atoms with Gasteiger partial charge in [0.05, 0.1) is 11.9 Å². The highest BCUT2D eigenvalue weighted by Crippen LogP contribution is 2.26. The number of rotatable bonds is 10. The molecule has 0 radical (unpaired) electrons. The lowest BCUT2D eigenvalue weighted by Crippen LogP contribution is -2.51. The van der Waals surface area contributed by atoms with E-state index in [0.717, 1.165) is 67.8 Å². The molecule has 7 rings (SSSR count). The summed E-state index contributed by atoms with van der Waals surface area (Å²) in [4.78, 5) is 86.1. The standard InChI is InChI=1S/C32H39N5O6.C11H21N3O3.C2H6/c1-20-7-12-35(13-8-20)29(38)27(19-22-17-21(2)28-26(18-22)42-31(40)34-28)43-32(41)36-14-10-24(11-15-36)37-16-9-23-5-3-4-6-25(23)33-30(37)39;1-13(2)10(15)9-17-11(16)3-6-14-7-4-12-5-8-14;1-2/h3-6,17-18,20,24,27H,7-16,19H2,1-2H3,(H,33,39)(H,34,40);12H,3-9H2,1-2H3;1-2H3/t27-;;/m1../s1. The molecule has 17 heteroatoms. The number of esters is 1. The van der Waals surface area contributed by atoms with E-state index in [1.54, 1.807) is 30.0 Å². The van der Waals surface area contributed by atoms with Crippen LogP contribution in [0.25, 0.3) is 11.1 Å². The topological polar surface area (TPSA) is 190 Å². The number of urea groups is 1. The number of hydrogen-bond acceptors (Lipinski definition) is 11. The summed E-state index contributed by atoms with van der Waals surface area (Å²) in [5.74, 6) is -0.695. The number of aromatic amines is 1. The molecule has 1 aromatic heterocycles. The molecule has 0 spiro atoms. The minimum atomic E-state index is -1.00. The van der Waals surface area contributed by atoms with Gasteiger partial charge in [-0.2, -0.15) is 0 Å². The second kappa shape index (κ2) is 23.1. The molecule has 4 aliphatic rings. The zero-order chi connectivity index (χ0) is 44.8. The van der Waals surface area contributed by atoms with Crippen molar-refractivity contribution in [3.63, 3.8) is 0 Å². The molecular formula is C45H66N8O9. The zero-order valence-electron chi connectivity index (χ0n) is 37.3. The van der Waals surface area contributed by atoms with E-state index < -0.39 is 18.0 Å². The maximum absolute atomic E-state index is 13.7. The minimum Gasteiger partial charge on any atom is -0.456 e. The number of likely N-dealkylation sites (tertiary alicyclic amines) is 2. The van der Waals surface area contributed by atoms with E-state index in [1.807, 2.05) is 56.0 Å². The maximum atomic E-state index is 13.7. The molecule has 0 saturated carbocycles. The number of fused-ring (bicyclic) bond motifs is 2. The number of benzene rings is 2. The van der Waals surface area contributed by atoms with Crippen molar-refractivity contribution in [1.82, 2.24) is 34.8 Å². The number of carbonyl (C=O) groups is 5. The Bertz CT molecular complexity index is 2030. The number of likely N-dealkylation sites (N-methyl/N-ethyl adjacent to an activating group) is 1. The summed E-state index contributed by atoms with van der Waals surface area (Å²) in [6.45, 7) is 15.2. The predicted octanol–water partition coefficient (Wildman–Crippen LogP) is 4.23. The van der Waals surface area contributed by atoms with Crippen LogP contribution in [0.15, 0.2) is 45.6 Å². The van der Waals surface area contributed by atoms with Crippen LogP contribution in [0.3, 0.4) is 0 Å². The quantitative estimate of drug-likeness (QED) is 0.248. The molecule has 1 atom stereocenters. The van der Waals surface area contributed by atoms with Crippen LogP contribution in [-0.4, -0.2) is 158 Å². The number of oxazole rings is 1. The molecule has 3 aromatic rings. The first-order valence-electron chi connectivity index (χ1n) is 22.2. The monoisotopic (exact) mass is 862 g/mol. The number of carbonyl (C=O) groups excluding carboxylic acids is 5. The van der Waals surface area contributed by atoms with Crippen LogP contribution in [0, 0.1) is 12.8 Å². The van der Waals surface area contributed by atoms with Gasteiger partial charge in [-0.25, -0.2) is 14.4 Å². The molecular weight excluding hydrogens is 797 g/mol. The van der Waals surface area contributed by atoms with Gasteiger partial charge >= 0.3 is 23.8 Å².